The van der Waals surface area contributed by atoms with Crippen molar-refractivity contribution in [2.75, 3.05) is 0 Å². The van der Waals surface area contributed by atoms with Crippen LogP contribution >= 0.6 is 0 Å². The largest absolute Gasteiger partial charge is 0.504 e. The summed E-state index contributed by atoms with van der Waals surface area (Å²) in [6, 6.07) is 1.76. The molecule has 0 aliphatic rings. The molecule has 0 aliphatic heterocycles. The van der Waals surface area contributed by atoms with Crippen molar-refractivity contribution >= 4 is 0 Å². The third-order valence-corrected chi connectivity index (χ3v) is 3.52. The maximum Gasteiger partial charge on any atom is 0.160 e. The lowest BCUT2D eigenvalue weighted by atomic mass is 9.91. The zero-order valence-electron chi connectivity index (χ0n) is 11.9. The normalized spacial score (nSPS) is 10.8. The molecule has 0 atom stereocenters. The molecule has 2 nitrogen and oxygen atoms in total. The first-order valence-corrected chi connectivity index (χ1v) is 7.21. The van der Waals surface area contributed by atoms with E-state index in [0.29, 0.717) is 0 Å². The van der Waals surface area contributed by atoms with Crippen LogP contribution in [-0.4, -0.2) is 10.2 Å². The first-order chi connectivity index (χ1) is 8.65. The van der Waals surface area contributed by atoms with Gasteiger partial charge >= 0.3 is 0 Å². The van der Waals surface area contributed by atoms with Crippen LogP contribution in [-0.2, 0) is 19.3 Å². The third-order valence-electron chi connectivity index (χ3n) is 3.52. The van der Waals surface area contributed by atoms with Gasteiger partial charge in [0.1, 0.15) is 0 Å². The lowest BCUT2D eigenvalue weighted by Gasteiger charge is -2.16. The summed E-state index contributed by atoms with van der Waals surface area (Å²) in [6.45, 7) is 6.39. The van der Waals surface area contributed by atoms with Crippen LogP contribution in [0.15, 0.2) is 6.07 Å². The molecule has 1 aromatic rings. The van der Waals surface area contributed by atoms with Crippen LogP contribution in [0.25, 0.3) is 0 Å². The first-order valence-electron chi connectivity index (χ1n) is 7.21. The fourth-order valence-electron chi connectivity index (χ4n) is 2.45. The molecule has 0 aromatic heterocycles. The van der Waals surface area contributed by atoms with E-state index < -0.39 is 0 Å². The van der Waals surface area contributed by atoms with Gasteiger partial charge in [0.15, 0.2) is 11.5 Å². The molecule has 2 heteroatoms. The second-order valence-electron chi connectivity index (χ2n) is 4.92. The van der Waals surface area contributed by atoms with Gasteiger partial charge in [-0.2, -0.15) is 0 Å². The first kappa shape index (κ1) is 14.9. The highest BCUT2D eigenvalue weighted by molar-refractivity contribution is 5.53. The van der Waals surface area contributed by atoms with Gasteiger partial charge in [0.25, 0.3) is 0 Å². The molecule has 1 rings (SSSR count). The Kier molecular flexibility index (Phi) is 6.03. The molecule has 1 aromatic carbocycles. The molecule has 0 fully saturated rings. The van der Waals surface area contributed by atoms with E-state index >= 15 is 0 Å². The van der Waals surface area contributed by atoms with Crippen molar-refractivity contribution in [1.29, 1.82) is 0 Å². The van der Waals surface area contributed by atoms with Gasteiger partial charge in [-0.25, -0.2) is 0 Å². The van der Waals surface area contributed by atoms with Crippen LogP contribution in [0.3, 0.4) is 0 Å². The minimum absolute atomic E-state index is 0.0400. The van der Waals surface area contributed by atoms with E-state index in [1.54, 1.807) is 6.07 Å². The van der Waals surface area contributed by atoms with Crippen LogP contribution in [0.1, 0.15) is 63.1 Å². The molecule has 0 heterocycles. The third kappa shape index (κ3) is 3.41. The molecule has 0 unspecified atom stereocenters. The SMILES string of the molecule is CCCCc1cc(O)c(O)c(CC)c1CCCC. The number of benzene rings is 1. The van der Waals surface area contributed by atoms with Crippen molar-refractivity contribution in [3.63, 3.8) is 0 Å². The van der Waals surface area contributed by atoms with Crippen molar-refractivity contribution < 1.29 is 10.2 Å². The lowest BCUT2D eigenvalue weighted by Crippen LogP contribution is -2.01. The number of unbranched alkanes of at least 4 members (excludes halogenated alkanes) is 2. The Morgan fingerprint density at radius 1 is 0.889 bits per heavy atom. The molecule has 2 N–H and O–H groups in total. The smallest absolute Gasteiger partial charge is 0.160 e. The summed E-state index contributed by atoms with van der Waals surface area (Å²) in [6.07, 6.45) is 7.35. The van der Waals surface area contributed by atoms with Gasteiger partial charge < -0.3 is 10.2 Å². The van der Waals surface area contributed by atoms with Crippen molar-refractivity contribution in [2.24, 2.45) is 0 Å². The minimum Gasteiger partial charge on any atom is -0.504 e. The molecule has 18 heavy (non-hydrogen) atoms. The number of aryl methyl sites for hydroxylation is 1. The Hall–Kier alpha value is -1.18. The lowest BCUT2D eigenvalue weighted by molar-refractivity contribution is 0.398. The zero-order valence-corrected chi connectivity index (χ0v) is 11.9. The molecule has 0 saturated heterocycles. The van der Waals surface area contributed by atoms with E-state index in [4.69, 9.17) is 0 Å². The van der Waals surface area contributed by atoms with E-state index in [1.165, 1.54) is 11.1 Å². The number of phenols is 2. The predicted molar refractivity (Wildman–Crippen MR) is 76.4 cm³/mol. The molecular formula is C16H26O2. The van der Waals surface area contributed by atoms with Crippen molar-refractivity contribution in [2.45, 2.75) is 65.7 Å². The zero-order chi connectivity index (χ0) is 13.5. The van der Waals surface area contributed by atoms with E-state index in [9.17, 15) is 10.2 Å². The van der Waals surface area contributed by atoms with Gasteiger partial charge in [-0.05, 0) is 49.3 Å². The summed E-state index contributed by atoms with van der Waals surface area (Å²) in [5.41, 5.74) is 3.43. The molecule has 0 amide bonds. The summed E-state index contributed by atoms with van der Waals surface area (Å²) in [4.78, 5) is 0. The van der Waals surface area contributed by atoms with E-state index in [0.717, 1.165) is 50.5 Å². The van der Waals surface area contributed by atoms with Crippen LogP contribution in [0.4, 0.5) is 0 Å². The van der Waals surface area contributed by atoms with Crippen molar-refractivity contribution in [3.05, 3.63) is 22.8 Å². The number of rotatable bonds is 7. The number of aromatic hydroxyl groups is 2. The van der Waals surface area contributed by atoms with Crippen molar-refractivity contribution in [3.8, 4) is 11.5 Å². The fourth-order valence-corrected chi connectivity index (χ4v) is 2.45. The summed E-state index contributed by atoms with van der Waals surface area (Å²) < 4.78 is 0. The molecule has 0 saturated carbocycles. The van der Waals surface area contributed by atoms with Crippen LogP contribution in [0, 0.1) is 0 Å². The second-order valence-corrected chi connectivity index (χ2v) is 4.92. The van der Waals surface area contributed by atoms with Crippen LogP contribution in [0.2, 0.25) is 0 Å². The topological polar surface area (TPSA) is 40.5 Å². The Morgan fingerprint density at radius 2 is 1.50 bits per heavy atom. The Bertz CT molecular complexity index is 383. The summed E-state index contributed by atoms with van der Waals surface area (Å²) >= 11 is 0. The van der Waals surface area contributed by atoms with Gasteiger partial charge in [0.2, 0.25) is 0 Å². The highest BCUT2D eigenvalue weighted by Crippen LogP contribution is 2.36. The van der Waals surface area contributed by atoms with Crippen molar-refractivity contribution in [1.82, 2.24) is 0 Å². The number of hydrogen-bond acceptors (Lipinski definition) is 2. The molecule has 102 valence electrons. The maximum atomic E-state index is 9.98. The van der Waals surface area contributed by atoms with Gasteiger partial charge in [0, 0.05) is 5.56 Å². The molecule has 0 aliphatic carbocycles. The Morgan fingerprint density at radius 3 is 2.06 bits per heavy atom. The Labute approximate surface area is 111 Å². The highest BCUT2D eigenvalue weighted by atomic mass is 16.3. The monoisotopic (exact) mass is 250 g/mol. The summed E-state index contributed by atoms with van der Waals surface area (Å²) in [7, 11) is 0. The molecule has 0 radical (unpaired) electrons. The number of hydrogen-bond donors (Lipinski definition) is 2. The van der Waals surface area contributed by atoms with E-state index in [2.05, 4.69) is 13.8 Å². The standard InChI is InChI=1S/C16H26O2/c1-4-7-9-12-11-15(17)16(18)13(6-3)14(12)10-8-5-2/h11,17-18H,4-10H2,1-3H3. The van der Waals surface area contributed by atoms with Crippen LogP contribution in [0.5, 0.6) is 11.5 Å². The minimum atomic E-state index is 0.0400. The van der Waals surface area contributed by atoms with Gasteiger partial charge in [-0.1, -0.05) is 33.6 Å². The van der Waals surface area contributed by atoms with Gasteiger partial charge in [0.05, 0.1) is 0 Å². The van der Waals surface area contributed by atoms with E-state index in [1.807, 2.05) is 6.92 Å². The molecule has 0 spiro atoms. The summed E-state index contributed by atoms with van der Waals surface area (Å²) in [5, 5.41) is 19.8. The molecular weight excluding hydrogens is 224 g/mol. The maximum absolute atomic E-state index is 9.98. The van der Waals surface area contributed by atoms with Gasteiger partial charge in [-0.15, -0.1) is 0 Å². The van der Waals surface area contributed by atoms with Crippen LogP contribution < -0.4 is 0 Å². The average molecular weight is 250 g/mol. The fraction of sp³-hybridized carbons (Fsp3) is 0.625. The number of phenolic OH excluding ortho intramolecular Hbond substituents is 2. The van der Waals surface area contributed by atoms with Gasteiger partial charge in [-0.3, -0.25) is 0 Å². The second kappa shape index (κ2) is 7.30. The summed E-state index contributed by atoms with van der Waals surface area (Å²) in [5.74, 6) is 0.127. The Balaban J connectivity index is 3.15. The predicted octanol–water partition coefficient (Wildman–Crippen LogP) is 4.35. The molecule has 0 bridgehead atoms. The quantitative estimate of drug-likeness (QED) is 0.706. The highest BCUT2D eigenvalue weighted by Gasteiger charge is 2.15. The van der Waals surface area contributed by atoms with E-state index in [-0.39, 0.29) is 11.5 Å². The average Bonchev–Trinajstić information content (AvgIpc) is 2.37.